The van der Waals surface area contributed by atoms with Crippen molar-refractivity contribution in [1.82, 2.24) is 4.98 Å². The lowest BCUT2D eigenvalue weighted by atomic mass is 10.2. The maximum absolute atomic E-state index is 11.2. The van der Waals surface area contributed by atoms with Crippen molar-refractivity contribution in [3.63, 3.8) is 0 Å². The SMILES string of the molecule is NC(=O)C(=O)c1cc2ccccc2[nH]1. The fourth-order valence-electron chi connectivity index (χ4n) is 1.33. The number of hydrogen-bond donors (Lipinski definition) is 2. The second kappa shape index (κ2) is 2.99. The maximum atomic E-state index is 11.2. The molecular formula is C10H8N2O2. The predicted octanol–water partition coefficient (Wildman–Crippen LogP) is 0.836. The summed E-state index contributed by atoms with van der Waals surface area (Å²) in [5.74, 6) is -1.64. The molecule has 0 spiro atoms. The summed E-state index contributed by atoms with van der Waals surface area (Å²) >= 11 is 0. The van der Waals surface area contributed by atoms with Crippen molar-refractivity contribution in [3.8, 4) is 0 Å². The Kier molecular flexibility index (Phi) is 1.81. The third kappa shape index (κ3) is 1.26. The van der Waals surface area contributed by atoms with Crippen LogP contribution < -0.4 is 5.73 Å². The number of primary amides is 1. The van der Waals surface area contributed by atoms with Crippen LogP contribution in [0.1, 0.15) is 10.5 Å². The highest BCUT2D eigenvalue weighted by Gasteiger charge is 2.14. The molecule has 1 amide bonds. The molecule has 0 aliphatic rings. The van der Waals surface area contributed by atoms with E-state index in [-0.39, 0.29) is 5.69 Å². The van der Waals surface area contributed by atoms with Crippen LogP contribution in [-0.4, -0.2) is 16.7 Å². The van der Waals surface area contributed by atoms with E-state index in [1.54, 1.807) is 6.07 Å². The van der Waals surface area contributed by atoms with Crippen molar-refractivity contribution in [2.45, 2.75) is 0 Å². The molecule has 0 fully saturated rings. The molecule has 0 atom stereocenters. The lowest BCUT2D eigenvalue weighted by Gasteiger charge is -1.88. The number of H-pyrrole nitrogens is 1. The van der Waals surface area contributed by atoms with E-state index in [1.807, 2.05) is 24.3 Å². The number of nitrogens with one attached hydrogen (secondary N) is 1. The molecule has 1 heterocycles. The molecule has 0 radical (unpaired) electrons. The molecule has 0 saturated heterocycles. The van der Waals surface area contributed by atoms with Crippen molar-refractivity contribution < 1.29 is 9.59 Å². The molecule has 0 saturated carbocycles. The van der Waals surface area contributed by atoms with Crippen molar-refractivity contribution in [2.75, 3.05) is 0 Å². The van der Waals surface area contributed by atoms with Gasteiger partial charge in [-0.1, -0.05) is 18.2 Å². The van der Waals surface area contributed by atoms with Gasteiger partial charge in [0.05, 0.1) is 5.69 Å². The summed E-state index contributed by atoms with van der Waals surface area (Å²) in [6.45, 7) is 0. The zero-order valence-corrected chi connectivity index (χ0v) is 7.28. The van der Waals surface area contributed by atoms with Crippen molar-refractivity contribution in [1.29, 1.82) is 0 Å². The van der Waals surface area contributed by atoms with Gasteiger partial charge in [0.25, 0.3) is 11.7 Å². The fourth-order valence-corrected chi connectivity index (χ4v) is 1.33. The smallest absolute Gasteiger partial charge is 0.291 e. The van der Waals surface area contributed by atoms with Crippen LogP contribution in [0.15, 0.2) is 30.3 Å². The summed E-state index contributed by atoms with van der Waals surface area (Å²) in [7, 11) is 0. The van der Waals surface area contributed by atoms with Crippen molar-refractivity contribution in [2.24, 2.45) is 5.73 Å². The number of fused-ring (bicyclic) bond motifs is 1. The molecule has 0 unspecified atom stereocenters. The first kappa shape index (κ1) is 8.50. The number of carbonyl (C=O) groups excluding carboxylic acids is 2. The lowest BCUT2D eigenvalue weighted by Crippen LogP contribution is -2.23. The van der Waals surface area contributed by atoms with Gasteiger partial charge in [0.1, 0.15) is 0 Å². The van der Waals surface area contributed by atoms with E-state index < -0.39 is 11.7 Å². The van der Waals surface area contributed by atoms with Crippen LogP contribution in [0.3, 0.4) is 0 Å². The number of amides is 1. The van der Waals surface area contributed by atoms with Gasteiger partial charge in [-0.05, 0) is 12.1 Å². The highest BCUT2D eigenvalue weighted by atomic mass is 16.2. The predicted molar refractivity (Wildman–Crippen MR) is 51.8 cm³/mol. The molecule has 0 bridgehead atoms. The molecule has 4 heteroatoms. The number of hydrogen-bond acceptors (Lipinski definition) is 2. The monoisotopic (exact) mass is 188 g/mol. The van der Waals surface area contributed by atoms with E-state index in [0.29, 0.717) is 0 Å². The molecular weight excluding hydrogens is 180 g/mol. The molecule has 2 rings (SSSR count). The number of aromatic amines is 1. The van der Waals surface area contributed by atoms with E-state index >= 15 is 0 Å². The summed E-state index contributed by atoms with van der Waals surface area (Å²) in [4.78, 5) is 24.7. The second-order valence-electron chi connectivity index (χ2n) is 2.96. The molecule has 3 N–H and O–H groups in total. The Balaban J connectivity index is 2.55. The lowest BCUT2D eigenvalue weighted by molar-refractivity contribution is -0.114. The topological polar surface area (TPSA) is 76.0 Å². The van der Waals surface area contributed by atoms with Gasteiger partial charge in [0.2, 0.25) is 0 Å². The molecule has 0 aliphatic carbocycles. The highest BCUT2D eigenvalue weighted by Crippen LogP contribution is 2.14. The van der Waals surface area contributed by atoms with Gasteiger partial charge in [0.15, 0.2) is 0 Å². The Labute approximate surface area is 79.7 Å². The van der Waals surface area contributed by atoms with Crippen LogP contribution >= 0.6 is 0 Å². The van der Waals surface area contributed by atoms with Crippen LogP contribution in [0, 0.1) is 0 Å². The Bertz CT molecular complexity index is 481. The van der Waals surface area contributed by atoms with Gasteiger partial charge in [-0.25, -0.2) is 0 Å². The Morgan fingerprint density at radius 3 is 2.57 bits per heavy atom. The van der Waals surface area contributed by atoms with E-state index in [4.69, 9.17) is 5.73 Å². The van der Waals surface area contributed by atoms with Gasteiger partial charge in [0, 0.05) is 10.9 Å². The van der Waals surface area contributed by atoms with Gasteiger partial charge >= 0.3 is 0 Å². The summed E-state index contributed by atoms with van der Waals surface area (Å²) in [6, 6.07) is 8.99. The average molecular weight is 188 g/mol. The molecule has 0 aliphatic heterocycles. The van der Waals surface area contributed by atoms with Crippen LogP contribution in [0.25, 0.3) is 10.9 Å². The third-order valence-electron chi connectivity index (χ3n) is 2.00. The Morgan fingerprint density at radius 1 is 1.21 bits per heavy atom. The number of benzene rings is 1. The minimum atomic E-state index is -0.948. The first-order valence-electron chi connectivity index (χ1n) is 4.10. The highest BCUT2D eigenvalue weighted by molar-refractivity contribution is 6.42. The number of ketones is 1. The second-order valence-corrected chi connectivity index (χ2v) is 2.96. The quantitative estimate of drug-likeness (QED) is 0.541. The third-order valence-corrected chi connectivity index (χ3v) is 2.00. The van der Waals surface area contributed by atoms with Gasteiger partial charge in [-0.2, -0.15) is 0 Å². The van der Waals surface area contributed by atoms with Crippen LogP contribution in [0.4, 0.5) is 0 Å². The van der Waals surface area contributed by atoms with Crippen LogP contribution in [0.5, 0.6) is 0 Å². The first-order valence-corrected chi connectivity index (χ1v) is 4.10. The minimum absolute atomic E-state index is 0.235. The number of rotatable bonds is 2. The van der Waals surface area contributed by atoms with Gasteiger partial charge < -0.3 is 10.7 Å². The van der Waals surface area contributed by atoms with Gasteiger partial charge in [-0.3, -0.25) is 9.59 Å². The van der Waals surface area contributed by atoms with E-state index in [0.717, 1.165) is 10.9 Å². The average Bonchev–Trinajstić information content (AvgIpc) is 2.59. The fraction of sp³-hybridized carbons (Fsp3) is 0. The van der Waals surface area contributed by atoms with E-state index in [1.165, 1.54) is 0 Å². The summed E-state index contributed by atoms with van der Waals surface area (Å²) in [5.41, 5.74) is 5.93. The Morgan fingerprint density at radius 2 is 1.93 bits per heavy atom. The molecule has 4 nitrogen and oxygen atoms in total. The number of aromatic nitrogens is 1. The molecule has 1 aromatic carbocycles. The molecule has 2 aromatic rings. The molecule has 1 aromatic heterocycles. The number of para-hydroxylation sites is 1. The minimum Gasteiger partial charge on any atom is -0.363 e. The standard InChI is InChI=1S/C10H8N2O2/c11-10(14)9(13)8-5-6-3-1-2-4-7(6)12-8/h1-5,12H,(H2,11,14). The molecule has 70 valence electrons. The van der Waals surface area contributed by atoms with Crippen molar-refractivity contribution in [3.05, 3.63) is 36.0 Å². The number of Topliss-reactive ketones (excluding diaryl/α,β-unsaturated/α-hetero) is 1. The van der Waals surface area contributed by atoms with E-state index in [9.17, 15) is 9.59 Å². The maximum Gasteiger partial charge on any atom is 0.291 e. The zero-order valence-electron chi connectivity index (χ0n) is 7.28. The zero-order chi connectivity index (χ0) is 10.1. The van der Waals surface area contributed by atoms with E-state index in [2.05, 4.69) is 4.98 Å². The summed E-state index contributed by atoms with van der Waals surface area (Å²) < 4.78 is 0. The molecule has 14 heavy (non-hydrogen) atoms. The van der Waals surface area contributed by atoms with Gasteiger partial charge in [-0.15, -0.1) is 0 Å². The summed E-state index contributed by atoms with van der Waals surface area (Å²) in [6.07, 6.45) is 0. The van der Waals surface area contributed by atoms with Crippen LogP contribution in [-0.2, 0) is 4.79 Å². The normalized spacial score (nSPS) is 10.3. The number of carbonyl (C=O) groups is 2. The first-order chi connectivity index (χ1) is 6.68. The largest absolute Gasteiger partial charge is 0.363 e. The summed E-state index contributed by atoms with van der Waals surface area (Å²) in [5, 5.41) is 0.886. The van der Waals surface area contributed by atoms with Crippen LogP contribution in [0.2, 0.25) is 0 Å². The number of nitrogens with two attached hydrogens (primary N) is 1. The Hall–Kier alpha value is -2.10. The van der Waals surface area contributed by atoms with Crippen molar-refractivity contribution >= 4 is 22.6 Å².